The zero-order chi connectivity index (χ0) is 13.7. The third-order valence-corrected chi connectivity index (χ3v) is 2.67. The van der Waals surface area contributed by atoms with Crippen LogP contribution in [0.1, 0.15) is 15.9 Å². The van der Waals surface area contributed by atoms with Gasteiger partial charge in [0.2, 0.25) is 0 Å². The van der Waals surface area contributed by atoms with E-state index < -0.39 is 5.97 Å². The molecule has 2 rings (SSSR count). The highest BCUT2D eigenvalue weighted by Crippen LogP contribution is 2.22. The van der Waals surface area contributed by atoms with Gasteiger partial charge in [-0.2, -0.15) is 0 Å². The average molecular weight is 258 g/mol. The van der Waals surface area contributed by atoms with Gasteiger partial charge in [0.15, 0.2) is 0 Å². The first-order valence-corrected chi connectivity index (χ1v) is 5.90. The second-order valence-corrected chi connectivity index (χ2v) is 4.07. The van der Waals surface area contributed by atoms with Crippen LogP contribution in [0.15, 0.2) is 48.5 Å². The van der Waals surface area contributed by atoms with Crippen LogP contribution in [0, 0.1) is 0 Å². The van der Waals surface area contributed by atoms with Crippen molar-refractivity contribution in [2.24, 2.45) is 0 Å². The Morgan fingerprint density at radius 1 is 1.05 bits per heavy atom. The fourth-order valence-corrected chi connectivity index (χ4v) is 1.67. The Bertz CT molecular complexity index is 564. The minimum Gasteiger partial charge on any atom is -0.508 e. The van der Waals surface area contributed by atoms with Crippen molar-refractivity contribution in [2.75, 3.05) is 6.61 Å². The number of aromatic hydroxyl groups is 2. The Morgan fingerprint density at radius 3 is 2.53 bits per heavy atom. The molecule has 0 radical (unpaired) electrons. The van der Waals surface area contributed by atoms with Crippen LogP contribution in [0.2, 0.25) is 0 Å². The van der Waals surface area contributed by atoms with Gasteiger partial charge in [0.1, 0.15) is 17.1 Å². The van der Waals surface area contributed by atoms with Crippen molar-refractivity contribution < 1.29 is 19.7 Å². The zero-order valence-corrected chi connectivity index (χ0v) is 10.2. The molecule has 19 heavy (non-hydrogen) atoms. The summed E-state index contributed by atoms with van der Waals surface area (Å²) in [6, 6.07) is 13.4. The van der Waals surface area contributed by atoms with Crippen LogP contribution in [0.3, 0.4) is 0 Å². The van der Waals surface area contributed by atoms with Crippen LogP contribution in [-0.2, 0) is 11.2 Å². The third kappa shape index (κ3) is 3.48. The molecule has 0 aromatic heterocycles. The van der Waals surface area contributed by atoms with Gasteiger partial charge in [-0.3, -0.25) is 0 Å². The molecule has 2 N–H and O–H groups in total. The summed E-state index contributed by atoms with van der Waals surface area (Å²) in [5.74, 6) is -0.945. The number of hydrogen-bond acceptors (Lipinski definition) is 4. The maximum absolute atomic E-state index is 11.7. The highest BCUT2D eigenvalue weighted by atomic mass is 16.5. The van der Waals surface area contributed by atoms with E-state index in [0.717, 1.165) is 5.56 Å². The van der Waals surface area contributed by atoms with Gasteiger partial charge in [0.05, 0.1) is 6.61 Å². The zero-order valence-electron chi connectivity index (χ0n) is 10.2. The van der Waals surface area contributed by atoms with Crippen molar-refractivity contribution in [1.82, 2.24) is 0 Å². The maximum Gasteiger partial charge on any atom is 0.342 e. The van der Waals surface area contributed by atoms with Gasteiger partial charge in [-0.1, -0.05) is 30.3 Å². The van der Waals surface area contributed by atoms with E-state index in [1.54, 1.807) is 0 Å². The van der Waals surface area contributed by atoms with Crippen molar-refractivity contribution in [1.29, 1.82) is 0 Å². The SMILES string of the molecule is O=C(OCCc1ccccc1)c1cc(O)ccc1O. The lowest BCUT2D eigenvalue weighted by Gasteiger charge is -2.06. The second-order valence-electron chi connectivity index (χ2n) is 4.07. The quantitative estimate of drug-likeness (QED) is 0.653. The van der Waals surface area contributed by atoms with E-state index in [9.17, 15) is 15.0 Å². The smallest absolute Gasteiger partial charge is 0.342 e. The van der Waals surface area contributed by atoms with Gasteiger partial charge in [0, 0.05) is 6.42 Å². The van der Waals surface area contributed by atoms with E-state index >= 15 is 0 Å². The molecule has 2 aromatic carbocycles. The molecule has 0 saturated heterocycles. The lowest BCUT2D eigenvalue weighted by atomic mass is 10.1. The van der Waals surface area contributed by atoms with Crippen LogP contribution >= 0.6 is 0 Å². The first-order chi connectivity index (χ1) is 9.16. The molecule has 0 amide bonds. The Hall–Kier alpha value is -2.49. The Labute approximate surface area is 110 Å². The summed E-state index contributed by atoms with van der Waals surface area (Å²) in [6.45, 7) is 0.220. The van der Waals surface area contributed by atoms with E-state index in [1.807, 2.05) is 30.3 Å². The molecular weight excluding hydrogens is 244 g/mol. The normalized spacial score (nSPS) is 10.1. The van der Waals surface area contributed by atoms with Gasteiger partial charge in [0.25, 0.3) is 0 Å². The monoisotopic (exact) mass is 258 g/mol. The molecule has 0 aliphatic heterocycles. The topological polar surface area (TPSA) is 66.8 Å². The van der Waals surface area contributed by atoms with Crippen LogP contribution in [0.4, 0.5) is 0 Å². The maximum atomic E-state index is 11.7. The minimum absolute atomic E-state index is 0.0342. The molecule has 0 spiro atoms. The van der Waals surface area contributed by atoms with E-state index in [2.05, 4.69) is 0 Å². The van der Waals surface area contributed by atoms with E-state index in [0.29, 0.717) is 6.42 Å². The largest absolute Gasteiger partial charge is 0.508 e. The number of phenols is 2. The number of esters is 1. The number of rotatable bonds is 4. The molecule has 0 saturated carbocycles. The van der Waals surface area contributed by atoms with Crippen molar-refractivity contribution in [3.05, 3.63) is 59.7 Å². The van der Waals surface area contributed by atoms with Crippen LogP contribution in [0.25, 0.3) is 0 Å². The van der Waals surface area contributed by atoms with Crippen LogP contribution in [0.5, 0.6) is 11.5 Å². The Kier molecular flexibility index (Phi) is 4.03. The summed E-state index contributed by atoms with van der Waals surface area (Å²) in [7, 11) is 0. The van der Waals surface area contributed by atoms with E-state index in [-0.39, 0.29) is 23.7 Å². The lowest BCUT2D eigenvalue weighted by Crippen LogP contribution is -2.08. The number of hydrogen-bond donors (Lipinski definition) is 2. The summed E-state index contributed by atoms with van der Waals surface area (Å²) >= 11 is 0. The molecule has 0 unspecified atom stereocenters. The van der Waals surface area contributed by atoms with Gasteiger partial charge in [-0.05, 0) is 23.8 Å². The van der Waals surface area contributed by atoms with E-state index in [1.165, 1.54) is 18.2 Å². The molecule has 0 aliphatic rings. The fraction of sp³-hybridized carbons (Fsp3) is 0.133. The molecule has 0 atom stereocenters. The van der Waals surface area contributed by atoms with E-state index in [4.69, 9.17) is 4.74 Å². The third-order valence-electron chi connectivity index (χ3n) is 2.67. The highest BCUT2D eigenvalue weighted by Gasteiger charge is 2.13. The summed E-state index contributed by atoms with van der Waals surface area (Å²) in [4.78, 5) is 11.7. The molecule has 0 aliphatic carbocycles. The molecule has 98 valence electrons. The van der Waals surface area contributed by atoms with Crippen molar-refractivity contribution in [3.63, 3.8) is 0 Å². The lowest BCUT2D eigenvalue weighted by molar-refractivity contribution is 0.0505. The fourth-order valence-electron chi connectivity index (χ4n) is 1.67. The predicted molar refractivity (Wildman–Crippen MR) is 70.2 cm³/mol. The Morgan fingerprint density at radius 2 is 1.79 bits per heavy atom. The summed E-state index contributed by atoms with van der Waals surface area (Å²) in [5, 5.41) is 18.8. The van der Waals surface area contributed by atoms with Crippen LogP contribution in [-0.4, -0.2) is 22.8 Å². The molecule has 4 nitrogen and oxygen atoms in total. The molecule has 4 heteroatoms. The second kappa shape index (κ2) is 5.91. The molecular formula is C15H14O4. The van der Waals surface area contributed by atoms with Gasteiger partial charge >= 0.3 is 5.97 Å². The molecule has 2 aromatic rings. The first-order valence-electron chi connectivity index (χ1n) is 5.90. The summed E-state index contributed by atoms with van der Waals surface area (Å²) < 4.78 is 5.06. The number of carbonyl (C=O) groups excluding carboxylic acids is 1. The van der Waals surface area contributed by atoms with Crippen molar-refractivity contribution in [2.45, 2.75) is 6.42 Å². The number of benzene rings is 2. The van der Waals surface area contributed by atoms with Gasteiger partial charge in [-0.25, -0.2) is 4.79 Å². The molecule has 0 bridgehead atoms. The number of phenolic OH excluding ortho intramolecular Hbond substituents is 2. The van der Waals surface area contributed by atoms with Crippen LogP contribution < -0.4 is 0 Å². The molecule has 0 heterocycles. The predicted octanol–water partition coefficient (Wildman–Crippen LogP) is 2.50. The van der Waals surface area contributed by atoms with Gasteiger partial charge in [-0.15, -0.1) is 0 Å². The molecule has 0 fully saturated rings. The minimum atomic E-state index is -0.649. The number of carbonyl (C=O) groups is 1. The van der Waals surface area contributed by atoms with Crippen molar-refractivity contribution >= 4 is 5.97 Å². The summed E-state index contributed by atoms with van der Waals surface area (Å²) in [6.07, 6.45) is 0.603. The van der Waals surface area contributed by atoms with Gasteiger partial charge < -0.3 is 14.9 Å². The number of ether oxygens (including phenoxy) is 1. The first kappa shape index (κ1) is 13.0. The van der Waals surface area contributed by atoms with Crippen molar-refractivity contribution in [3.8, 4) is 11.5 Å². The average Bonchev–Trinajstić information content (AvgIpc) is 2.42. The Balaban J connectivity index is 1.93. The highest BCUT2D eigenvalue weighted by molar-refractivity contribution is 5.92. The standard InChI is InChI=1S/C15H14O4/c16-12-6-7-14(17)13(10-12)15(18)19-9-8-11-4-2-1-3-5-11/h1-7,10,16-17H,8-9H2. The summed E-state index contributed by atoms with van der Waals surface area (Å²) in [5.41, 5.74) is 1.03.